The number of hydrogen-bond donors (Lipinski definition) is 1. The van der Waals surface area contributed by atoms with Crippen LogP contribution in [-0.4, -0.2) is 26.3 Å². The van der Waals surface area contributed by atoms with Crippen LogP contribution in [0.4, 0.5) is 0 Å². The van der Waals surface area contributed by atoms with Gasteiger partial charge in [-0.2, -0.15) is 0 Å². The summed E-state index contributed by atoms with van der Waals surface area (Å²) in [4.78, 5) is 0. The van der Waals surface area contributed by atoms with E-state index in [1.807, 2.05) is 0 Å². The molecule has 0 unspecified atom stereocenters. The quantitative estimate of drug-likeness (QED) is 0.472. The molecular formula is C6H13NO2. The van der Waals surface area contributed by atoms with Gasteiger partial charge in [0, 0.05) is 20.0 Å². The molecule has 3 heteroatoms. The molecular weight excluding hydrogens is 118 g/mol. The van der Waals surface area contributed by atoms with Crippen molar-refractivity contribution in [2.75, 3.05) is 20.2 Å². The fourth-order valence-electron chi connectivity index (χ4n) is 1.15. The molecule has 1 heterocycles. The maximum Gasteiger partial charge on any atom is 0.0793 e. The Morgan fingerprint density at radius 2 is 2.00 bits per heavy atom. The molecule has 0 aliphatic carbocycles. The van der Waals surface area contributed by atoms with Gasteiger partial charge in [0.1, 0.15) is 0 Å². The zero-order chi connectivity index (χ0) is 6.69. The van der Waals surface area contributed by atoms with Gasteiger partial charge in [-0.15, -0.1) is 0 Å². The summed E-state index contributed by atoms with van der Waals surface area (Å²) in [5.74, 6) is 0. The molecule has 3 nitrogen and oxygen atoms in total. The predicted octanol–water partition coefficient (Wildman–Crippen LogP) is -0.822. The molecule has 1 aliphatic heterocycles. The summed E-state index contributed by atoms with van der Waals surface area (Å²) in [7, 11) is 1.71. The average molecular weight is 131 g/mol. The number of quaternary nitrogens is 1. The largest absolute Gasteiger partial charge is 0.634 e. The van der Waals surface area contributed by atoms with Gasteiger partial charge in [0.2, 0.25) is 0 Å². The highest BCUT2D eigenvalue weighted by Gasteiger charge is 2.15. The SMILES string of the molecule is COC1CC[NH+]([O-])CC1. The van der Waals surface area contributed by atoms with Crippen LogP contribution in [0.3, 0.4) is 0 Å². The Morgan fingerprint density at radius 1 is 1.44 bits per heavy atom. The van der Waals surface area contributed by atoms with Crippen molar-refractivity contribution in [2.24, 2.45) is 0 Å². The fraction of sp³-hybridized carbons (Fsp3) is 1.00. The van der Waals surface area contributed by atoms with Crippen molar-refractivity contribution >= 4 is 0 Å². The van der Waals surface area contributed by atoms with Crippen molar-refractivity contribution in [3.8, 4) is 0 Å². The average Bonchev–Trinajstić information content (AvgIpc) is 1.90. The van der Waals surface area contributed by atoms with Gasteiger partial charge in [0.05, 0.1) is 19.2 Å². The third-order valence-electron chi connectivity index (χ3n) is 1.82. The van der Waals surface area contributed by atoms with E-state index < -0.39 is 0 Å². The van der Waals surface area contributed by atoms with Crippen LogP contribution in [-0.2, 0) is 4.74 Å². The topological polar surface area (TPSA) is 36.7 Å². The third kappa shape index (κ3) is 1.93. The highest BCUT2D eigenvalue weighted by atomic mass is 16.5. The number of rotatable bonds is 1. The van der Waals surface area contributed by atoms with E-state index >= 15 is 0 Å². The molecule has 1 aliphatic rings. The number of hydroxylamine groups is 2. The molecule has 0 radical (unpaired) electrons. The minimum Gasteiger partial charge on any atom is -0.634 e. The summed E-state index contributed by atoms with van der Waals surface area (Å²) in [6.45, 7) is 1.44. The standard InChI is InChI=1S/C6H13NO2/c1-9-6-2-4-7(8)5-3-6/h6-7H,2-5H2,1H3. The highest BCUT2D eigenvalue weighted by Crippen LogP contribution is 2.01. The minimum absolute atomic E-state index is 0.350. The van der Waals surface area contributed by atoms with E-state index in [1.165, 1.54) is 0 Å². The van der Waals surface area contributed by atoms with Crippen LogP contribution in [0.25, 0.3) is 0 Å². The van der Waals surface area contributed by atoms with Gasteiger partial charge < -0.3 is 15.0 Å². The lowest BCUT2D eigenvalue weighted by Crippen LogP contribution is -3.08. The molecule has 0 aromatic rings. The molecule has 1 rings (SSSR count). The van der Waals surface area contributed by atoms with E-state index in [0.717, 1.165) is 25.9 Å². The van der Waals surface area contributed by atoms with E-state index in [2.05, 4.69) is 0 Å². The monoisotopic (exact) mass is 131 g/mol. The van der Waals surface area contributed by atoms with Crippen molar-refractivity contribution in [3.63, 3.8) is 0 Å². The molecule has 0 spiro atoms. The Hall–Kier alpha value is -0.120. The second kappa shape index (κ2) is 3.15. The summed E-state index contributed by atoms with van der Waals surface area (Å²) in [6, 6.07) is 0. The van der Waals surface area contributed by atoms with Crippen molar-refractivity contribution in [2.45, 2.75) is 18.9 Å². The maximum absolute atomic E-state index is 10.7. The molecule has 1 N–H and O–H groups in total. The van der Waals surface area contributed by atoms with Gasteiger partial charge in [0.25, 0.3) is 0 Å². The second-order valence-corrected chi connectivity index (χ2v) is 2.47. The zero-order valence-corrected chi connectivity index (χ0v) is 5.72. The Bertz CT molecular complexity index is 79.1. The van der Waals surface area contributed by atoms with Crippen molar-refractivity contribution in [3.05, 3.63) is 5.21 Å². The van der Waals surface area contributed by atoms with Crippen molar-refractivity contribution in [1.82, 2.24) is 0 Å². The van der Waals surface area contributed by atoms with E-state index in [4.69, 9.17) is 4.74 Å². The molecule has 9 heavy (non-hydrogen) atoms. The Labute approximate surface area is 55.2 Å². The molecule has 1 saturated heterocycles. The van der Waals surface area contributed by atoms with Crippen LogP contribution in [0.5, 0.6) is 0 Å². The first kappa shape index (κ1) is 6.99. The molecule has 0 saturated carbocycles. The van der Waals surface area contributed by atoms with Crippen LogP contribution < -0.4 is 5.06 Å². The molecule has 0 atom stereocenters. The Balaban J connectivity index is 2.18. The van der Waals surface area contributed by atoms with Gasteiger partial charge in [-0.3, -0.25) is 0 Å². The molecule has 54 valence electrons. The lowest BCUT2D eigenvalue weighted by atomic mass is 10.1. The smallest absolute Gasteiger partial charge is 0.0793 e. The van der Waals surface area contributed by atoms with Crippen LogP contribution >= 0.6 is 0 Å². The number of piperidine rings is 1. The molecule has 0 amide bonds. The first-order valence-electron chi connectivity index (χ1n) is 3.37. The van der Waals surface area contributed by atoms with Gasteiger partial charge in [-0.1, -0.05) is 0 Å². The normalized spacial score (nSPS) is 36.7. The van der Waals surface area contributed by atoms with Gasteiger partial charge in [-0.25, -0.2) is 0 Å². The van der Waals surface area contributed by atoms with Crippen LogP contribution in [0, 0.1) is 5.21 Å². The Kier molecular flexibility index (Phi) is 2.45. The van der Waals surface area contributed by atoms with E-state index in [0.29, 0.717) is 11.2 Å². The van der Waals surface area contributed by atoms with Crippen LogP contribution in [0.1, 0.15) is 12.8 Å². The molecule has 0 bridgehead atoms. The highest BCUT2D eigenvalue weighted by molar-refractivity contribution is 4.59. The third-order valence-corrected chi connectivity index (χ3v) is 1.82. The first-order valence-corrected chi connectivity index (χ1v) is 3.37. The van der Waals surface area contributed by atoms with Gasteiger partial charge >= 0.3 is 0 Å². The fourth-order valence-corrected chi connectivity index (χ4v) is 1.15. The van der Waals surface area contributed by atoms with E-state index in [-0.39, 0.29) is 0 Å². The molecule has 0 aromatic carbocycles. The lowest BCUT2D eigenvalue weighted by Gasteiger charge is -2.30. The molecule has 0 aromatic heterocycles. The number of nitrogens with one attached hydrogen (secondary N) is 1. The van der Waals surface area contributed by atoms with E-state index in [1.54, 1.807) is 7.11 Å². The summed E-state index contributed by atoms with van der Waals surface area (Å²) in [5.41, 5.74) is 0. The number of ether oxygens (including phenoxy) is 1. The van der Waals surface area contributed by atoms with Crippen molar-refractivity contribution < 1.29 is 9.80 Å². The van der Waals surface area contributed by atoms with Crippen LogP contribution in [0.2, 0.25) is 0 Å². The predicted molar refractivity (Wildman–Crippen MR) is 34.1 cm³/mol. The minimum atomic E-state index is 0.350. The van der Waals surface area contributed by atoms with Crippen LogP contribution in [0.15, 0.2) is 0 Å². The second-order valence-electron chi connectivity index (χ2n) is 2.47. The van der Waals surface area contributed by atoms with Crippen molar-refractivity contribution in [1.29, 1.82) is 0 Å². The lowest BCUT2D eigenvalue weighted by molar-refractivity contribution is -0.854. The zero-order valence-electron chi connectivity index (χ0n) is 5.72. The summed E-state index contributed by atoms with van der Waals surface area (Å²) in [5, 5.41) is 11.1. The maximum atomic E-state index is 10.7. The summed E-state index contributed by atoms with van der Waals surface area (Å²) in [6.07, 6.45) is 2.20. The summed E-state index contributed by atoms with van der Waals surface area (Å²) >= 11 is 0. The van der Waals surface area contributed by atoms with Gasteiger partial charge in [-0.05, 0) is 0 Å². The first-order chi connectivity index (χ1) is 4.33. The molecule has 1 fully saturated rings. The summed E-state index contributed by atoms with van der Waals surface area (Å²) < 4.78 is 5.09. The van der Waals surface area contributed by atoms with Gasteiger partial charge in [0.15, 0.2) is 0 Å². The van der Waals surface area contributed by atoms with E-state index in [9.17, 15) is 5.21 Å². The number of methoxy groups -OCH3 is 1. The number of hydrogen-bond acceptors (Lipinski definition) is 2. The Morgan fingerprint density at radius 3 is 2.44 bits per heavy atom.